The lowest BCUT2D eigenvalue weighted by molar-refractivity contribution is 0.381. The lowest BCUT2D eigenvalue weighted by atomic mass is 10.4. The second-order valence-corrected chi connectivity index (χ2v) is 2.92. The third-order valence-corrected chi connectivity index (χ3v) is 1.91. The number of nitrogens with zero attached hydrogens (tertiary/aromatic N) is 1. The summed E-state index contributed by atoms with van der Waals surface area (Å²) in [6.07, 6.45) is 1.25. The summed E-state index contributed by atoms with van der Waals surface area (Å²) in [4.78, 5) is 11.2. The molecule has 0 aliphatic heterocycles. The van der Waals surface area contributed by atoms with Crippen LogP contribution < -0.4 is 10.2 Å². The molecule has 0 atom stereocenters. The van der Waals surface area contributed by atoms with E-state index in [-0.39, 0.29) is 11.2 Å². The highest BCUT2D eigenvalue weighted by Crippen LogP contribution is 2.11. The third-order valence-electron chi connectivity index (χ3n) is 1.35. The zero-order chi connectivity index (χ0) is 9.68. The molecule has 0 saturated carbocycles. The van der Waals surface area contributed by atoms with Crippen LogP contribution in [-0.2, 0) is 5.75 Å². The molecule has 0 saturated heterocycles. The number of thiocyanates is 1. The van der Waals surface area contributed by atoms with Crippen LogP contribution in [0.15, 0.2) is 21.5 Å². The average Bonchev–Trinajstić information content (AvgIpc) is 2.15. The van der Waals surface area contributed by atoms with E-state index in [1.54, 1.807) is 0 Å². The van der Waals surface area contributed by atoms with E-state index in [2.05, 4.69) is 0 Å². The van der Waals surface area contributed by atoms with E-state index in [0.717, 1.165) is 11.8 Å². The number of hydrogen-bond acceptors (Lipinski definition) is 5. The van der Waals surface area contributed by atoms with E-state index in [9.17, 15) is 4.79 Å². The highest BCUT2D eigenvalue weighted by atomic mass is 32.2. The number of hydrogen-bond donors (Lipinski definition) is 0. The molecule has 1 heterocycles. The van der Waals surface area contributed by atoms with Crippen molar-refractivity contribution in [3.63, 3.8) is 0 Å². The van der Waals surface area contributed by atoms with Gasteiger partial charge in [0.2, 0.25) is 11.2 Å². The van der Waals surface area contributed by atoms with Gasteiger partial charge in [-0.2, -0.15) is 5.26 Å². The molecule has 13 heavy (non-hydrogen) atoms. The highest BCUT2D eigenvalue weighted by molar-refractivity contribution is 8.02. The van der Waals surface area contributed by atoms with Crippen LogP contribution in [0.25, 0.3) is 0 Å². The molecule has 5 heteroatoms. The molecular formula is C8H7NO3S. The molecule has 0 aromatic carbocycles. The lowest BCUT2D eigenvalue weighted by Gasteiger charge is -1.98. The maximum Gasteiger partial charge on any atom is 0.227 e. The summed E-state index contributed by atoms with van der Waals surface area (Å²) in [7, 11) is 1.40. The number of rotatable bonds is 3. The Kier molecular flexibility index (Phi) is 3.41. The molecule has 0 aliphatic rings. The van der Waals surface area contributed by atoms with Gasteiger partial charge in [-0.3, -0.25) is 4.79 Å². The Bertz CT molecular complexity index is 380. The van der Waals surface area contributed by atoms with E-state index < -0.39 is 0 Å². The van der Waals surface area contributed by atoms with Crippen molar-refractivity contribution in [3.05, 3.63) is 28.3 Å². The second-order valence-electron chi connectivity index (χ2n) is 2.16. The van der Waals surface area contributed by atoms with Crippen LogP contribution in [0.4, 0.5) is 0 Å². The molecule has 0 aliphatic carbocycles. The molecule has 0 unspecified atom stereocenters. The fourth-order valence-corrected chi connectivity index (χ4v) is 1.12. The number of ether oxygens (including phenoxy) is 1. The fraction of sp³-hybridized carbons (Fsp3) is 0.250. The quantitative estimate of drug-likeness (QED) is 0.684. The molecule has 68 valence electrons. The predicted octanol–water partition coefficient (Wildman–Crippen LogP) is 1.36. The number of thioether (sulfide) groups is 1. The minimum atomic E-state index is -0.234. The summed E-state index contributed by atoms with van der Waals surface area (Å²) in [5.41, 5.74) is -0.234. The van der Waals surface area contributed by atoms with Crippen molar-refractivity contribution >= 4 is 11.8 Å². The Morgan fingerprint density at radius 3 is 3.08 bits per heavy atom. The molecule has 0 N–H and O–H groups in total. The molecule has 0 radical (unpaired) electrons. The molecule has 4 nitrogen and oxygen atoms in total. The summed E-state index contributed by atoms with van der Waals surface area (Å²) in [5.74, 6) is 1.01. The van der Waals surface area contributed by atoms with Crippen LogP contribution in [0.3, 0.4) is 0 Å². The Morgan fingerprint density at radius 2 is 2.54 bits per heavy atom. The first-order valence-corrected chi connectivity index (χ1v) is 4.43. The molecule has 0 amide bonds. The molecule has 0 bridgehead atoms. The minimum absolute atomic E-state index is 0.172. The average molecular weight is 197 g/mol. The largest absolute Gasteiger partial charge is 0.490 e. The maximum absolute atomic E-state index is 11.2. The Hall–Kier alpha value is -1.41. The summed E-state index contributed by atoms with van der Waals surface area (Å²) in [6.45, 7) is 0. The van der Waals surface area contributed by atoms with E-state index in [1.165, 1.54) is 19.4 Å². The van der Waals surface area contributed by atoms with Crippen LogP contribution in [0.1, 0.15) is 5.76 Å². The van der Waals surface area contributed by atoms with Gasteiger partial charge in [-0.25, -0.2) is 0 Å². The number of methoxy groups -OCH3 is 1. The van der Waals surface area contributed by atoms with Crippen molar-refractivity contribution in [2.45, 2.75) is 5.75 Å². The van der Waals surface area contributed by atoms with Gasteiger partial charge in [-0.15, -0.1) is 0 Å². The first-order chi connectivity index (χ1) is 6.27. The Balaban J connectivity index is 2.85. The molecule has 1 rings (SSSR count). The summed E-state index contributed by atoms with van der Waals surface area (Å²) < 4.78 is 9.76. The normalized spacial score (nSPS) is 9.23. The molecule has 1 aromatic heterocycles. The monoisotopic (exact) mass is 197 g/mol. The van der Waals surface area contributed by atoms with Gasteiger partial charge < -0.3 is 9.15 Å². The zero-order valence-corrected chi connectivity index (χ0v) is 7.76. The SMILES string of the molecule is COc1coc(CSC#N)cc1=O. The van der Waals surface area contributed by atoms with E-state index >= 15 is 0 Å². The van der Waals surface area contributed by atoms with E-state index in [0.29, 0.717) is 11.5 Å². The van der Waals surface area contributed by atoms with Crippen LogP contribution >= 0.6 is 11.8 Å². The molecule has 1 aromatic rings. The van der Waals surface area contributed by atoms with Crippen molar-refractivity contribution in [1.82, 2.24) is 0 Å². The topological polar surface area (TPSA) is 63.2 Å². The van der Waals surface area contributed by atoms with Gasteiger partial charge in [0, 0.05) is 6.07 Å². The van der Waals surface area contributed by atoms with Crippen molar-refractivity contribution < 1.29 is 9.15 Å². The van der Waals surface area contributed by atoms with Gasteiger partial charge >= 0.3 is 0 Å². The van der Waals surface area contributed by atoms with Crippen LogP contribution in [0, 0.1) is 10.7 Å². The molecule has 0 spiro atoms. The lowest BCUT2D eigenvalue weighted by Crippen LogP contribution is -2.04. The third kappa shape index (κ3) is 2.53. The number of nitriles is 1. The van der Waals surface area contributed by atoms with Crippen LogP contribution in [-0.4, -0.2) is 7.11 Å². The van der Waals surface area contributed by atoms with E-state index in [4.69, 9.17) is 14.4 Å². The smallest absolute Gasteiger partial charge is 0.227 e. The van der Waals surface area contributed by atoms with Crippen molar-refractivity contribution in [2.24, 2.45) is 0 Å². The Morgan fingerprint density at radius 1 is 1.77 bits per heavy atom. The van der Waals surface area contributed by atoms with Gasteiger partial charge in [0.05, 0.1) is 12.9 Å². The van der Waals surface area contributed by atoms with Gasteiger partial charge in [0.25, 0.3) is 0 Å². The molecule has 0 fully saturated rings. The van der Waals surface area contributed by atoms with Crippen LogP contribution in [0.2, 0.25) is 0 Å². The van der Waals surface area contributed by atoms with Gasteiger partial charge in [0.1, 0.15) is 17.4 Å². The predicted molar refractivity (Wildman–Crippen MR) is 48.4 cm³/mol. The summed E-state index contributed by atoms with van der Waals surface area (Å²) in [5, 5.41) is 10.2. The van der Waals surface area contributed by atoms with Crippen molar-refractivity contribution in [2.75, 3.05) is 7.11 Å². The van der Waals surface area contributed by atoms with Gasteiger partial charge in [0.15, 0.2) is 0 Å². The highest BCUT2D eigenvalue weighted by Gasteiger charge is 2.02. The first kappa shape index (κ1) is 9.68. The van der Waals surface area contributed by atoms with Crippen molar-refractivity contribution in [1.29, 1.82) is 5.26 Å². The van der Waals surface area contributed by atoms with Gasteiger partial charge in [-0.05, 0) is 11.8 Å². The van der Waals surface area contributed by atoms with Crippen LogP contribution in [0.5, 0.6) is 5.75 Å². The second kappa shape index (κ2) is 4.58. The van der Waals surface area contributed by atoms with E-state index in [1.807, 2.05) is 5.40 Å². The molecular weight excluding hydrogens is 190 g/mol. The fourth-order valence-electron chi connectivity index (χ4n) is 0.766. The summed E-state index contributed by atoms with van der Waals surface area (Å²) >= 11 is 1.02. The van der Waals surface area contributed by atoms with Gasteiger partial charge in [-0.1, -0.05) is 0 Å². The summed E-state index contributed by atoms with van der Waals surface area (Å²) in [6, 6.07) is 1.32. The minimum Gasteiger partial charge on any atom is -0.490 e. The Labute approximate surface area is 79.1 Å². The van der Waals surface area contributed by atoms with Crippen molar-refractivity contribution in [3.8, 4) is 11.2 Å². The zero-order valence-electron chi connectivity index (χ0n) is 6.94. The first-order valence-electron chi connectivity index (χ1n) is 3.44. The standard InChI is InChI=1S/C8H7NO3S/c1-11-8-3-12-6(2-7(8)10)4-13-5-9/h2-3H,4H2,1H3. The maximum atomic E-state index is 11.2.